The predicted molar refractivity (Wildman–Crippen MR) is 110 cm³/mol. The van der Waals surface area contributed by atoms with E-state index >= 15 is 0 Å². The largest absolute Gasteiger partial charge is 0.300 e. The number of aryl methyl sites for hydroxylation is 1. The Morgan fingerprint density at radius 2 is 1.82 bits per heavy atom. The molecule has 2 aromatic carbocycles. The molecule has 1 amide bonds. The van der Waals surface area contributed by atoms with Gasteiger partial charge in [0.05, 0.1) is 22.5 Å². The molecule has 4 rings (SSSR count). The molecule has 0 fully saturated rings. The van der Waals surface area contributed by atoms with Crippen molar-refractivity contribution in [2.75, 3.05) is 5.32 Å². The predicted octanol–water partition coefficient (Wildman–Crippen LogP) is 3.29. The Hall–Kier alpha value is -3.10. The molecule has 0 radical (unpaired) electrons. The normalized spacial score (nSPS) is 10.9. The molecule has 2 heterocycles. The number of anilines is 1. The molecule has 0 saturated heterocycles. The number of rotatable bonds is 4. The average Bonchev–Trinajstić information content (AvgIpc) is 3.14. The van der Waals surface area contributed by atoms with Gasteiger partial charge in [-0.25, -0.2) is 4.68 Å². The lowest BCUT2D eigenvalue weighted by Crippen LogP contribution is -2.24. The van der Waals surface area contributed by atoms with E-state index in [1.165, 1.54) is 16.0 Å². The number of nitrogens with one attached hydrogen (secondary N) is 1. The number of fused-ring (bicyclic) bond motifs is 1. The summed E-state index contributed by atoms with van der Waals surface area (Å²) in [6.45, 7) is 0. The Labute approximate surface area is 168 Å². The molecule has 140 valence electrons. The highest BCUT2D eigenvalue weighted by Crippen LogP contribution is 2.31. The van der Waals surface area contributed by atoms with Gasteiger partial charge in [0.15, 0.2) is 5.01 Å². The monoisotopic (exact) mass is 411 g/mol. The summed E-state index contributed by atoms with van der Waals surface area (Å²) in [5.74, 6) is -0.293. The van der Waals surface area contributed by atoms with Gasteiger partial charge in [0, 0.05) is 18.0 Å². The van der Waals surface area contributed by atoms with Crippen molar-refractivity contribution in [3.63, 3.8) is 0 Å². The molecule has 2 aromatic heterocycles. The Bertz CT molecular complexity index is 1250. The fourth-order valence-corrected chi connectivity index (χ4v) is 3.92. The third kappa shape index (κ3) is 3.51. The highest BCUT2D eigenvalue weighted by molar-refractivity contribution is 7.18. The van der Waals surface area contributed by atoms with Gasteiger partial charge in [0.25, 0.3) is 5.56 Å². The molecular weight excluding hydrogens is 398 g/mol. The Kier molecular flexibility index (Phi) is 4.89. The third-order valence-electron chi connectivity index (χ3n) is 4.14. The van der Waals surface area contributed by atoms with E-state index in [9.17, 15) is 9.59 Å². The molecule has 0 spiro atoms. The van der Waals surface area contributed by atoms with Crippen molar-refractivity contribution in [3.8, 4) is 10.6 Å². The first-order valence-electron chi connectivity index (χ1n) is 8.36. The van der Waals surface area contributed by atoms with Gasteiger partial charge in [-0.3, -0.25) is 9.59 Å². The summed E-state index contributed by atoms with van der Waals surface area (Å²) in [5.41, 5.74) is 1.08. The molecule has 4 aromatic rings. The zero-order valence-electron chi connectivity index (χ0n) is 14.7. The summed E-state index contributed by atoms with van der Waals surface area (Å²) in [4.78, 5) is 24.7. The van der Waals surface area contributed by atoms with Crippen LogP contribution in [0.25, 0.3) is 21.3 Å². The maximum atomic E-state index is 12.5. The SMILES string of the molecule is Cn1nc(CC(=O)Nc2nnc(-c3ccccc3Cl)s2)c2ccccc2c1=O. The van der Waals surface area contributed by atoms with Crippen molar-refractivity contribution in [1.82, 2.24) is 20.0 Å². The lowest BCUT2D eigenvalue weighted by atomic mass is 10.1. The highest BCUT2D eigenvalue weighted by atomic mass is 35.5. The number of halogens is 1. The van der Waals surface area contributed by atoms with E-state index in [2.05, 4.69) is 20.6 Å². The van der Waals surface area contributed by atoms with Crippen molar-refractivity contribution in [2.45, 2.75) is 6.42 Å². The average molecular weight is 412 g/mol. The lowest BCUT2D eigenvalue weighted by molar-refractivity contribution is -0.115. The lowest BCUT2D eigenvalue weighted by Gasteiger charge is -2.07. The van der Waals surface area contributed by atoms with Crippen LogP contribution >= 0.6 is 22.9 Å². The first-order chi connectivity index (χ1) is 13.5. The van der Waals surface area contributed by atoms with Crippen molar-refractivity contribution in [3.05, 3.63) is 69.6 Å². The summed E-state index contributed by atoms with van der Waals surface area (Å²) in [5, 5.41) is 17.8. The van der Waals surface area contributed by atoms with E-state index in [1.807, 2.05) is 24.3 Å². The summed E-state index contributed by atoms with van der Waals surface area (Å²) in [6, 6.07) is 14.4. The van der Waals surface area contributed by atoms with E-state index in [0.29, 0.717) is 31.6 Å². The van der Waals surface area contributed by atoms with Crippen LogP contribution in [0.15, 0.2) is 53.3 Å². The molecule has 0 aliphatic carbocycles. The maximum Gasteiger partial charge on any atom is 0.274 e. The van der Waals surface area contributed by atoms with Gasteiger partial charge in [-0.2, -0.15) is 5.10 Å². The first kappa shape index (κ1) is 18.3. The number of amides is 1. The zero-order valence-corrected chi connectivity index (χ0v) is 16.3. The second-order valence-electron chi connectivity index (χ2n) is 6.04. The van der Waals surface area contributed by atoms with Gasteiger partial charge >= 0.3 is 0 Å². The summed E-state index contributed by atoms with van der Waals surface area (Å²) < 4.78 is 1.24. The standard InChI is InChI=1S/C19H14ClN5O2S/c1-25-18(27)12-7-3-2-6-11(12)15(24-25)10-16(26)21-19-23-22-17(28-19)13-8-4-5-9-14(13)20/h2-9H,10H2,1H3,(H,21,23,26). The van der Waals surface area contributed by atoms with Crippen LogP contribution in [0, 0.1) is 0 Å². The number of benzene rings is 2. The van der Waals surface area contributed by atoms with Gasteiger partial charge in [0.1, 0.15) is 0 Å². The smallest absolute Gasteiger partial charge is 0.274 e. The molecule has 0 aliphatic heterocycles. The molecule has 0 aliphatic rings. The van der Waals surface area contributed by atoms with Gasteiger partial charge in [-0.05, 0) is 12.1 Å². The number of hydrogen-bond donors (Lipinski definition) is 1. The maximum absolute atomic E-state index is 12.5. The number of nitrogens with zero attached hydrogens (tertiary/aromatic N) is 4. The summed E-state index contributed by atoms with van der Waals surface area (Å²) >= 11 is 7.41. The van der Waals surface area contributed by atoms with Crippen molar-refractivity contribution < 1.29 is 4.79 Å². The molecule has 1 N–H and O–H groups in total. The van der Waals surface area contributed by atoms with Crippen LogP contribution in [0.1, 0.15) is 5.69 Å². The molecule has 0 saturated carbocycles. The van der Waals surface area contributed by atoms with Crippen LogP contribution in [-0.2, 0) is 18.3 Å². The molecule has 0 unspecified atom stereocenters. The van der Waals surface area contributed by atoms with E-state index in [-0.39, 0.29) is 17.9 Å². The zero-order chi connectivity index (χ0) is 19.7. The van der Waals surface area contributed by atoms with Crippen LogP contribution in [0.5, 0.6) is 0 Å². The fourth-order valence-electron chi connectivity index (χ4n) is 2.84. The molecule has 28 heavy (non-hydrogen) atoms. The van der Waals surface area contributed by atoms with Crippen molar-refractivity contribution in [2.24, 2.45) is 7.05 Å². The number of carbonyl (C=O) groups excluding carboxylic acids is 1. The second kappa shape index (κ2) is 7.49. The van der Waals surface area contributed by atoms with Gasteiger partial charge in [-0.1, -0.05) is 59.3 Å². The first-order valence-corrected chi connectivity index (χ1v) is 9.55. The van der Waals surface area contributed by atoms with Crippen LogP contribution < -0.4 is 10.9 Å². The molecule has 0 atom stereocenters. The minimum Gasteiger partial charge on any atom is -0.300 e. The topological polar surface area (TPSA) is 89.8 Å². The minimum absolute atomic E-state index is 0.00956. The van der Waals surface area contributed by atoms with Gasteiger partial charge < -0.3 is 5.32 Å². The second-order valence-corrected chi connectivity index (χ2v) is 7.42. The van der Waals surface area contributed by atoms with E-state index in [4.69, 9.17) is 11.6 Å². The van der Waals surface area contributed by atoms with Crippen LogP contribution in [0.3, 0.4) is 0 Å². The fraction of sp³-hybridized carbons (Fsp3) is 0.105. The van der Waals surface area contributed by atoms with Crippen molar-refractivity contribution in [1.29, 1.82) is 0 Å². The van der Waals surface area contributed by atoms with Crippen LogP contribution in [-0.4, -0.2) is 25.9 Å². The van der Waals surface area contributed by atoms with Crippen molar-refractivity contribution >= 4 is 44.7 Å². The minimum atomic E-state index is -0.293. The summed E-state index contributed by atoms with van der Waals surface area (Å²) in [6.07, 6.45) is 0.00956. The summed E-state index contributed by atoms with van der Waals surface area (Å²) in [7, 11) is 1.57. The van der Waals surface area contributed by atoms with E-state index in [1.54, 1.807) is 31.3 Å². The Morgan fingerprint density at radius 1 is 1.11 bits per heavy atom. The van der Waals surface area contributed by atoms with E-state index < -0.39 is 0 Å². The van der Waals surface area contributed by atoms with Gasteiger partial charge in [-0.15, -0.1) is 10.2 Å². The number of carbonyl (C=O) groups is 1. The Balaban J connectivity index is 1.56. The van der Waals surface area contributed by atoms with E-state index in [0.717, 1.165) is 5.56 Å². The third-order valence-corrected chi connectivity index (χ3v) is 5.34. The number of hydrogen-bond acceptors (Lipinski definition) is 6. The molecule has 7 nitrogen and oxygen atoms in total. The molecule has 0 bridgehead atoms. The van der Waals surface area contributed by atoms with Crippen LogP contribution in [0.4, 0.5) is 5.13 Å². The molecular formula is C19H14ClN5O2S. The Morgan fingerprint density at radius 3 is 2.61 bits per heavy atom. The molecule has 9 heteroatoms. The van der Waals surface area contributed by atoms with Gasteiger partial charge in [0.2, 0.25) is 11.0 Å². The van der Waals surface area contributed by atoms with Crippen LogP contribution in [0.2, 0.25) is 5.02 Å². The quantitative estimate of drug-likeness (QED) is 0.556. The highest BCUT2D eigenvalue weighted by Gasteiger charge is 2.15. The number of aromatic nitrogens is 4.